The molecular formula is C23H34N2O4. The molecule has 0 spiro atoms. The van der Waals surface area contributed by atoms with Gasteiger partial charge < -0.3 is 19.7 Å². The van der Waals surface area contributed by atoms with Crippen LogP contribution in [0.25, 0.3) is 0 Å². The molecule has 2 aliphatic rings. The van der Waals surface area contributed by atoms with Crippen LogP contribution in [0, 0.1) is 0 Å². The molecule has 0 atom stereocenters. The fraction of sp³-hybridized carbons (Fsp3) is 0.652. The summed E-state index contributed by atoms with van der Waals surface area (Å²) in [5, 5.41) is 3.20. The van der Waals surface area contributed by atoms with Gasteiger partial charge in [-0.2, -0.15) is 0 Å². The van der Waals surface area contributed by atoms with E-state index in [1.807, 2.05) is 29.2 Å². The van der Waals surface area contributed by atoms with E-state index in [2.05, 4.69) is 5.32 Å². The Bertz CT molecular complexity index is 645. The molecule has 160 valence electrons. The number of hydrogen-bond acceptors (Lipinski definition) is 4. The first-order valence-electron chi connectivity index (χ1n) is 11.0. The fourth-order valence-electron chi connectivity index (χ4n) is 4.18. The predicted molar refractivity (Wildman–Crippen MR) is 112 cm³/mol. The zero-order chi connectivity index (χ0) is 20.5. The minimum Gasteiger partial charge on any atom is -0.490 e. The van der Waals surface area contributed by atoms with Crippen molar-refractivity contribution in [1.29, 1.82) is 0 Å². The van der Waals surface area contributed by atoms with Crippen LogP contribution in [0.15, 0.2) is 24.3 Å². The highest BCUT2D eigenvalue weighted by molar-refractivity contribution is 5.94. The van der Waals surface area contributed by atoms with E-state index in [4.69, 9.17) is 9.47 Å². The molecule has 1 aliphatic heterocycles. The highest BCUT2D eigenvalue weighted by Crippen LogP contribution is 2.21. The van der Waals surface area contributed by atoms with E-state index < -0.39 is 0 Å². The van der Waals surface area contributed by atoms with E-state index in [0.717, 1.165) is 31.4 Å². The molecule has 0 radical (unpaired) electrons. The Morgan fingerprint density at radius 2 is 1.59 bits per heavy atom. The molecule has 1 saturated carbocycles. The molecule has 6 nitrogen and oxygen atoms in total. The van der Waals surface area contributed by atoms with Crippen molar-refractivity contribution in [2.75, 3.05) is 26.8 Å². The molecule has 2 amide bonds. The number of carbonyl (C=O) groups is 2. The zero-order valence-corrected chi connectivity index (χ0v) is 17.5. The second-order valence-corrected chi connectivity index (χ2v) is 8.17. The van der Waals surface area contributed by atoms with Gasteiger partial charge in [-0.25, -0.2) is 0 Å². The largest absolute Gasteiger partial charge is 0.490 e. The molecule has 1 aromatic carbocycles. The van der Waals surface area contributed by atoms with Crippen molar-refractivity contribution in [2.24, 2.45) is 0 Å². The first-order valence-corrected chi connectivity index (χ1v) is 11.0. The van der Waals surface area contributed by atoms with Crippen LogP contribution in [-0.4, -0.2) is 55.7 Å². The maximum Gasteiger partial charge on any atom is 0.251 e. The molecule has 0 aromatic heterocycles. The third-order valence-electron chi connectivity index (χ3n) is 5.92. The summed E-state index contributed by atoms with van der Waals surface area (Å²) in [5.74, 6) is 0.812. The number of piperidine rings is 1. The fourth-order valence-corrected chi connectivity index (χ4v) is 4.18. The van der Waals surface area contributed by atoms with Crippen molar-refractivity contribution >= 4 is 11.8 Å². The van der Waals surface area contributed by atoms with Crippen LogP contribution < -0.4 is 10.1 Å². The van der Waals surface area contributed by atoms with Crippen molar-refractivity contribution in [3.05, 3.63) is 29.8 Å². The molecule has 1 heterocycles. The average Bonchev–Trinajstić information content (AvgIpc) is 2.71. The monoisotopic (exact) mass is 402 g/mol. The van der Waals surface area contributed by atoms with Gasteiger partial charge in [-0.3, -0.25) is 9.59 Å². The van der Waals surface area contributed by atoms with Gasteiger partial charge in [0.25, 0.3) is 5.91 Å². The van der Waals surface area contributed by atoms with E-state index in [1.54, 1.807) is 0 Å². The van der Waals surface area contributed by atoms with E-state index in [9.17, 15) is 9.59 Å². The summed E-state index contributed by atoms with van der Waals surface area (Å²) < 4.78 is 11.0. The van der Waals surface area contributed by atoms with Crippen LogP contribution >= 0.6 is 0 Å². The van der Waals surface area contributed by atoms with E-state index in [-0.39, 0.29) is 24.5 Å². The highest BCUT2D eigenvalue weighted by atomic mass is 16.5. The van der Waals surface area contributed by atoms with Gasteiger partial charge in [0.1, 0.15) is 18.5 Å². The van der Waals surface area contributed by atoms with Gasteiger partial charge in [0.15, 0.2) is 0 Å². The number of likely N-dealkylation sites (tertiary alicyclic amines) is 1. The summed E-state index contributed by atoms with van der Waals surface area (Å²) in [5.41, 5.74) is 0.680. The molecule has 0 bridgehead atoms. The van der Waals surface area contributed by atoms with Crippen molar-refractivity contribution in [2.45, 2.75) is 69.9 Å². The van der Waals surface area contributed by atoms with Gasteiger partial charge in [0.2, 0.25) is 5.91 Å². The number of nitrogens with zero attached hydrogens (tertiary/aromatic N) is 1. The van der Waals surface area contributed by atoms with Crippen LogP contribution in [-0.2, 0) is 9.53 Å². The summed E-state index contributed by atoms with van der Waals surface area (Å²) in [4.78, 5) is 26.3. The van der Waals surface area contributed by atoms with Gasteiger partial charge >= 0.3 is 0 Å². The number of benzene rings is 1. The highest BCUT2D eigenvalue weighted by Gasteiger charge is 2.24. The Kier molecular flexibility index (Phi) is 8.35. The lowest BCUT2D eigenvalue weighted by atomic mass is 9.96. The molecule has 1 N–H and O–H groups in total. The Morgan fingerprint density at radius 1 is 0.966 bits per heavy atom. The molecule has 1 aliphatic carbocycles. The first-order chi connectivity index (χ1) is 14.2. The quantitative estimate of drug-likeness (QED) is 0.790. The lowest BCUT2D eigenvalue weighted by molar-refractivity contribution is -0.136. The van der Waals surface area contributed by atoms with E-state index in [0.29, 0.717) is 24.7 Å². The molecule has 6 heteroatoms. The topological polar surface area (TPSA) is 67.9 Å². The van der Waals surface area contributed by atoms with Gasteiger partial charge in [-0.1, -0.05) is 32.1 Å². The van der Waals surface area contributed by atoms with Crippen LogP contribution in [0.4, 0.5) is 0 Å². The van der Waals surface area contributed by atoms with Crippen LogP contribution in [0.1, 0.15) is 68.1 Å². The summed E-state index contributed by atoms with van der Waals surface area (Å²) in [7, 11) is 1.54. The zero-order valence-electron chi connectivity index (χ0n) is 17.5. The Hall–Kier alpha value is -2.08. The predicted octanol–water partition coefficient (Wildman–Crippen LogP) is 3.55. The number of carbonyl (C=O) groups excluding carboxylic acids is 2. The van der Waals surface area contributed by atoms with Crippen molar-refractivity contribution in [3.63, 3.8) is 0 Å². The summed E-state index contributed by atoms with van der Waals surface area (Å²) in [6, 6.07) is 7.71. The number of ether oxygens (including phenoxy) is 2. The molecule has 2 fully saturated rings. The molecule has 1 aromatic rings. The number of nitrogens with one attached hydrogen (secondary N) is 1. The average molecular weight is 403 g/mol. The summed E-state index contributed by atoms with van der Waals surface area (Å²) in [6.45, 7) is 1.51. The van der Waals surface area contributed by atoms with Gasteiger partial charge in [-0.05, 0) is 37.1 Å². The second kappa shape index (κ2) is 11.2. The standard InChI is InChI=1S/C23H34N2O4/c1-28-17-22(26)25-15-13-21(14-16-25)29-20-11-9-18(10-12-20)23(27)24-19-7-5-3-2-4-6-8-19/h9-12,19,21H,2-8,13-17H2,1H3,(H,24,27). The number of methoxy groups -OCH3 is 1. The van der Waals surface area contributed by atoms with Gasteiger partial charge in [0.05, 0.1) is 0 Å². The van der Waals surface area contributed by atoms with Crippen LogP contribution in [0.3, 0.4) is 0 Å². The van der Waals surface area contributed by atoms with Gasteiger partial charge in [-0.15, -0.1) is 0 Å². The number of hydrogen-bond donors (Lipinski definition) is 1. The molecule has 29 heavy (non-hydrogen) atoms. The smallest absolute Gasteiger partial charge is 0.251 e. The normalized spacial score (nSPS) is 19.3. The van der Waals surface area contributed by atoms with Gasteiger partial charge in [0, 0.05) is 44.6 Å². The van der Waals surface area contributed by atoms with E-state index >= 15 is 0 Å². The summed E-state index contributed by atoms with van der Waals surface area (Å²) >= 11 is 0. The van der Waals surface area contributed by atoms with E-state index in [1.165, 1.54) is 39.2 Å². The minimum absolute atomic E-state index is 0.00656. The van der Waals surface area contributed by atoms with Crippen LogP contribution in [0.2, 0.25) is 0 Å². The minimum atomic E-state index is 0.00656. The Balaban J connectivity index is 1.45. The molecule has 3 rings (SSSR count). The molecule has 0 unspecified atom stereocenters. The third kappa shape index (κ3) is 6.74. The SMILES string of the molecule is COCC(=O)N1CCC(Oc2ccc(C(=O)NC3CCCCCCC3)cc2)CC1. The number of rotatable bonds is 6. The Morgan fingerprint density at radius 3 is 2.21 bits per heavy atom. The van der Waals surface area contributed by atoms with Crippen molar-refractivity contribution < 1.29 is 19.1 Å². The second-order valence-electron chi connectivity index (χ2n) is 8.17. The van der Waals surface area contributed by atoms with Crippen molar-refractivity contribution in [3.8, 4) is 5.75 Å². The third-order valence-corrected chi connectivity index (χ3v) is 5.92. The molecule has 1 saturated heterocycles. The number of amides is 2. The van der Waals surface area contributed by atoms with Crippen LogP contribution in [0.5, 0.6) is 5.75 Å². The first kappa shape index (κ1) is 21.6. The lowest BCUT2D eigenvalue weighted by Crippen LogP contribution is -2.43. The molecular weight excluding hydrogens is 368 g/mol. The maximum absolute atomic E-state index is 12.6. The Labute approximate surface area is 173 Å². The lowest BCUT2D eigenvalue weighted by Gasteiger charge is -2.32. The summed E-state index contributed by atoms with van der Waals surface area (Å²) in [6.07, 6.45) is 10.1. The maximum atomic E-state index is 12.6. The van der Waals surface area contributed by atoms with Crippen molar-refractivity contribution in [1.82, 2.24) is 10.2 Å².